The van der Waals surface area contributed by atoms with E-state index in [0.717, 1.165) is 29.1 Å². The number of rotatable bonds is 4. The quantitative estimate of drug-likeness (QED) is 0.862. The van der Waals surface area contributed by atoms with Gasteiger partial charge < -0.3 is 10.1 Å². The van der Waals surface area contributed by atoms with Crippen LogP contribution in [0.15, 0.2) is 22.7 Å². The van der Waals surface area contributed by atoms with Gasteiger partial charge in [-0.15, -0.1) is 0 Å². The van der Waals surface area contributed by atoms with Gasteiger partial charge in [0.25, 0.3) is 0 Å². The first-order valence-electron chi connectivity index (χ1n) is 6.88. The fourth-order valence-corrected chi connectivity index (χ4v) is 3.17. The Kier molecular flexibility index (Phi) is 5.70. The predicted molar refractivity (Wildman–Crippen MR) is 83.7 cm³/mol. The molecule has 106 valence electrons. The van der Waals surface area contributed by atoms with Crippen molar-refractivity contribution in [3.8, 4) is 0 Å². The molecule has 0 amide bonds. The number of nitrogens with one attached hydrogen (secondary N) is 1. The fraction of sp³-hybridized carbons (Fsp3) is 0.600. The molecule has 1 aromatic carbocycles. The van der Waals surface area contributed by atoms with Crippen molar-refractivity contribution in [2.75, 3.05) is 13.2 Å². The maximum absolute atomic E-state index is 6.12. The third-order valence-corrected chi connectivity index (χ3v) is 4.45. The van der Waals surface area contributed by atoms with Gasteiger partial charge in [-0.3, -0.25) is 0 Å². The summed E-state index contributed by atoms with van der Waals surface area (Å²) in [7, 11) is 0. The van der Waals surface area contributed by atoms with Crippen LogP contribution in [0, 0.1) is 5.92 Å². The lowest BCUT2D eigenvalue weighted by atomic mass is 9.89. The van der Waals surface area contributed by atoms with Crippen molar-refractivity contribution in [3.63, 3.8) is 0 Å². The van der Waals surface area contributed by atoms with E-state index in [1.54, 1.807) is 0 Å². The fourth-order valence-electron chi connectivity index (χ4n) is 2.52. The van der Waals surface area contributed by atoms with Crippen LogP contribution in [0.5, 0.6) is 0 Å². The lowest BCUT2D eigenvalue weighted by Gasteiger charge is -2.33. The van der Waals surface area contributed by atoms with Crippen molar-refractivity contribution in [1.29, 1.82) is 0 Å². The first kappa shape index (κ1) is 15.3. The maximum atomic E-state index is 6.12. The van der Waals surface area contributed by atoms with E-state index in [2.05, 4.69) is 35.1 Å². The van der Waals surface area contributed by atoms with Crippen LogP contribution in [0.25, 0.3) is 0 Å². The summed E-state index contributed by atoms with van der Waals surface area (Å²) < 4.78 is 7.10. The molecule has 2 atom stereocenters. The summed E-state index contributed by atoms with van der Waals surface area (Å²) in [5.41, 5.74) is 1.17. The molecule has 0 spiro atoms. The molecule has 4 heteroatoms. The van der Waals surface area contributed by atoms with Crippen molar-refractivity contribution < 1.29 is 4.74 Å². The average Bonchev–Trinajstić information content (AvgIpc) is 2.39. The molecule has 1 N–H and O–H groups in total. The monoisotopic (exact) mass is 345 g/mol. The van der Waals surface area contributed by atoms with E-state index in [-0.39, 0.29) is 6.10 Å². The number of hydrogen-bond donors (Lipinski definition) is 1. The van der Waals surface area contributed by atoms with Gasteiger partial charge in [0.05, 0.1) is 6.10 Å². The molecular formula is C15H21BrClNO. The minimum Gasteiger partial charge on any atom is -0.373 e. The van der Waals surface area contributed by atoms with Crippen LogP contribution in [-0.2, 0) is 4.74 Å². The van der Waals surface area contributed by atoms with Crippen molar-refractivity contribution >= 4 is 27.5 Å². The topological polar surface area (TPSA) is 21.3 Å². The van der Waals surface area contributed by atoms with E-state index in [4.69, 9.17) is 16.3 Å². The highest BCUT2D eigenvalue weighted by Gasteiger charge is 2.28. The van der Waals surface area contributed by atoms with Gasteiger partial charge >= 0.3 is 0 Å². The Morgan fingerprint density at radius 3 is 3.00 bits per heavy atom. The average molecular weight is 347 g/mol. The summed E-state index contributed by atoms with van der Waals surface area (Å²) in [6.45, 7) is 6.17. The van der Waals surface area contributed by atoms with E-state index >= 15 is 0 Å². The molecule has 1 saturated heterocycles. The molecule has 2 rings (SSSR count). The summed E-state index contributed by atoms with van der Waals surface area (Å²) in [5, 5.41) is 4.29. The summed E-state index contributed by atoms with van der Waals surface area (Å²) >= 11 is 9.73. The molecule has 1 heterocycles. The van der Waals surface area contributed by atoms with E-state index in [1.807, 2.05) is 18.2 Å². The zero-order valence-corrected chi connectivity index (χ0v) is 13.8. The number of hydrogen-bond acceptors (Lipinski definition) is 2. The zero-order chi connectivity index (χ0) is 13.8. The molecule has 0 saturated carbocycles. The molecule has 2 nitrogen and oxygen atoms in total. The first-order chi connectivity index (χ1) is 9.08. The molecule has 0 aromatic heterocycles. The molecule has 1 aromatic rings. The summed E-state index contributed by atoms with van der Waals surface area (Å²) in [5.74, 6) is 0.505. The Morgan fingerprint density at radius 1 is 1.47 bits per heavy atom. The highest BCUT2D eigenvalue weighted by Crippen LogP contribution is 2.38. The van der Waals surface area contributed by atoms with E-state index in [1.165, 1.54) is 12.0 Å². The molecule has 0 radical (unpaired) electrons. The lowest BCUT2D eigenvalue weighted by molar-refractivity contribution is -0.0286. The minimum atomic E-state index is 0.132. The highest BCUT2D eigenvalue weighted by molar-refractivity contribution is 9.10. The Hall–Kier alpha value is -0.0900. The Labute approximate surface area is 129 Å². The smallest absolute Gasteiger partial charge is 0.0876 e. The Bertz CT molecular complexity index is 425. The van der Waals surface area contributed by atoms with Crippen LogP contribution < -0.4 is 5.32 Å². The molecule has 0 aliphatic carbocycles. The van der Waals surface area contributed by atoms with Crippen LogP contribution in [0.3, 0.4) is 0 Å². The van der Waals surface area contributed by atoms with Crippen molar-refractivity contribution in [2.24, 2.45) is 5.92 Å². The van der Waals surface area contributed by atoms with Gasteiger partial charge in [0.2, 0.25) is 0 Å². The van der Waals surface area contributed by atoms with Gasteiger partial charge in [-0.1, -0.05) is 41.4 Å². The second kappa shape index (κ2) is 7.07. The highest BCUT2D eigenvalue weighted by atomic mass is 79.9. The zero-order valence-electron chi connectivity index (χ0n) is 11.5. The van der Waals surface area contributed by atoms with E-state index < -0.39 is 0 Å². The maximum Gasteiger partial charge on any atom is 0.0876 e. The normalized spacial score (nSPS) is 23.8. The molecule has 1 aliphatic heterocycles. The van der Waals surface area contributed by atoms with Gasteiger partial charge in [-0.05, 0) is 36.6 Å². The van der Waals surface area contributed by atoms with E-state index in [9.17, 15) is 0 Å². The second-order valence-corrected chi connectivity index (χ2v) is 6.71. The molecule has 2 unspecified atom stereocenters. The number of halogens is 2. The van der Waals surface area contributed by atoms with Crippen molar-refractivity contribution in [3.05, 3.63) is 33.3 Å². The molecule has 19 heavy (non-hydrogen) atoms. The summed E-state index contributed by atoms with van der Waals surface area (Å²) in [6.07, 6.45) is 2.47. The summed E-state index contributed by atoms with van der Waals surface area (Å²) in [4.78, 5) is 0. The van der Waals surface area contributed by atoms with E-state index in [0.29, 0.717) is 12.0 Å². The van der Waals surface area contributed by atoms with Crippen LogP contribution in [-0.4, -0.2) is 19.2 Å². The van der Waals surface area contributed by atoms with Crippen molar-refractivity contribution in [1.82, 2.24) is 5.32 Å². The van der Waals surface area contributed by atoms with Crippen LogP contribution in [0.2, 0.25) is 5.02 Å². The SMILES string of the molecule is CC(C)NCC1CCCOC1c1cc(Cl)ccc1Br. The number of ether oxygens (including phenoxy) is 1. The van der Waals surface area contributed by atoms with Gasteiger partial charge in [0.15, 0.2) is 0 Å². The second-order valence-electron chi connectivity index (χ2n) is 5.42. The molecule has 0 bridgehead atoms. The number of benzene rings is 1. The minimum absolute atomic E-state index is 0.132. The Morgan fingerprint density at radius 2 is 2.26 bits per heavy atom. The standard InChI is InChI=1S/C15H21BrClNO/c1-10(2)18-9-11-4-3-7-19-15(11)13-8-12(17)5-6-14(13)16/h5-6,8,10-11,15,18H,3-4,7,9H2,1-2H3. The third-order valence-electron chi connectivity index (χ3n) is 3.50. The lowest BCUT2D eigenvalue weighted by Crippen LogP contribution is -2.35. The van der Waals surface area contributed by atoms with Gasteiger partial charge in [-0.2, -0.15) is 0 Å². The first-order valence-corrected chi connectivity index (χ1v) is 8.05. The largest absolute Gasteiger partial charge is 0.373 e. The predicted octanol–water partition coefficient (Wildman–Crippen LogP) is 4.57. The molecule has 1 fully saturated rings. The van der Waals surface area contributed by atoms with Gasteiger partial charge in [-0.25, -0.2) is 0 Å². The molecule has 1 aliphatic rings. The third kappa shape index (κ3) is 4.19. The molecular weight excluding hydrogens is 326 g/mol. The summed E-state index contributed by atoms with van der Waals surface area (Å²) in [6, 6.07) is 6.43. The van der Waals surface area contributed by atoms with Crippen LogP contribution in [0.1, 0.15) is 38.4 Å². The van der Waals surface area contributed by atoms with Crippen LogP contribution >= 0.6 is 27.5 Å². The van der Waals surface area contributed by atoms with Gasteiger partial charge in [0, 0.05) is 34.6 Å². The van der Waals surface area contributed by atoms with Crippen molar-refractivity contribution in [2.45, 2.75) is 38.8 Å². The van der Waals surface area contributed by atoms with Crippen LogP contribution in [0.4, 0.5) is 0 Å². The van der Waals surface area contributed by atoms with Gasteiger partial charge in [0.1, 0.15) is 0 Å². The Balaban J connectivity index is 2.16.